The van der Waals surface area contributed by atoms with Crippen LogP contribution in [0.1, 0.15) is 34.6 Å². The van der Waals surface area contributed by atoms with Gasteiger partial charge in [-0.2, -0.15) is 0 Å². The zero-order valence-electron chi connectivity index (χ0n) is 13.8. The van der Waals surface area contributed by atoms with Crippen molar-refractivity contribution in [2.24, 2.45) is 0 Å². The third-order valence-corrected chi connectivity index (χ3v) is 3.97. The standard InChI is InChI=1S/C19H17F2NO3/c1-11(13-8-7-12(20)9-16(13)21)22-19(23)18-15(10-24-2)14-5-3-4-6-17(14)25-18/h3-9,11H,10H2,1-2H3,(H,22,23)/t11-/m1/s1. The fourth-order valence-corrected chi connectivity index (χ4v) is 2.76. The van der Waals surface area contributed by atoms with Gasteiger partial charge in [0.15, 0.2) is 5.76 Å². The Bertz CT molecular complexity index is 920. The molecule has 0 radical (unpaired) electrons. The number of amides is 1. The van der Waals surface area contributed by atoms with Crippen molar-refractivity contribution in [1.82, 2.24) is 5.32 Å². The van der Waals surface area contributed by atoms with Crippen LogP contribution in [0.25, 0.3) is 11.0 Å². The Kier molecular flexibility index (Phi) is 4.81. The highest BCUT2D eigenvalue weighted by Gasteiger charge is 2.23. The molecule has 4 nitrogen and oxygen atoms in total. The second-order valence-electron chi connectivity index (χ2n) is 5.70. The molecule has 0 aliphatic rings. The fourth-order valence-electron chi connectivity index (χ4n) is 2.76. The van der Waals surface area contributed by atoms with E-state index in [0.717, 1.165) is 17.5 Å². The highest BCUT2D eigenvalue weighted by Crippen LogP contribution is 2.27. The first-order valence-electron chi connectivity index (χ1n) is 7.76. The second kappa shape index (κ2) is 7.03. The fraction of sp³-hybridized carbons (Fsp3) is 0.211. The quantitative estimate of drug-likeness (QED) is 0.748. The maximum absolute atomic E-state index is 13.9. The van der Waals surface area contributed by atoms with Crippen LogP contribution < -0.4 is 5.32 Å². The molecule has 0 aliphatic carbocycles. The van der Waals surface area contributed by atoms with E-state index in [-0.39, 0.29) is 17.9 Å². The number of ether oxygens (including phenoxy) is 1. The van der Waals surface area contributed by atoms with Crippen molar-refractivity contribution >= 4 is 16.9 Å². The molecule has 0 unspecified atom stereocenters. The van der Waals surface area contributed by atoms with E-state index in [1.165, 1.54) is 13.2 Å². The van der Waals surface area contributed by atoms with E-state index in [0.29, 0.717) is 11.1 Å². The number of carbonyl (C=O) groups excluding carboxylic acids is 1. The molecule has 0 saturated heterocycles. The van der Waals surface area contributed by atoms with Gasteiger partial charge in [0.05, 0.1) is 12.6 Å². The van der Waals surface area contributed by atoms with Gasteiger partial charge in [0.1, 0.15) is 17.2 Å². The summed E-state index contributed by atoms with van der Waals surface area (Å²) in [4.78, 5) is 12.6. The number of hydrogen-bond acceptors (Lipinski definition) is 3. The predicted octanol–water partition coefficient (Wildman–Crippen LogP) is 4.35. The van der Waals surface area contributed by atoms with Crippen molar-refractivity contribution in [2.75, 3.05) is 7.11 Å². The summed E-state index contributed by atoms with van der Waals surface area (Å²) < 4.78 is 37.7. The maximum Gasteiger partial charge on any atom is 0.287 e. The van der Waals surface area contributed by atoms with Crippen LogP contribution in [0.5, 0.6) is 0 Å². The summed E-state index contributed by atoms with van der Waals surface area (Å²) in [5, 5.41) is 3.47. The van der Waals surface area contributed by atoms with Gasteiger partial charge in [0.2, 0.25) is 0 Å². The van der Waals surface area contributed by atoms with Crippen LogP contribution >= 0.6 is 0 Å². The normalized spacial score (nSPS) is 12.3. The van der Waals surface area contributed by atoms with E-state index in [4.69, 9.17) is 9.15 Å². The Morgan fingerprint density at radius 3 is 2.72 bits per heavy atom. The highest BCUT2D eigenvalue weighted by atomic mass is 19.1. The molecule has 130 valence electrons. The molecule has 1 heterocycles. The summed E-state index contributed by atoms with van der Waals surface area (Å²) >= 11 is 0. The number of halogens is 2. The van der Waals surface area contributed by atoms with Crippen LogP contribution in [0.3, 0.4) is 0 Å². The largest absolute Gasteiger partial charge is 0.451 e. The number of nitrogens with one attached hydrogen (secondary N) is 1. The summed E-state index contributed by atoms with van der Waals surface area (Å²) in [6.45, 7) is 1.83. The number of methoxy groups -OCH3 is 1. The molecule has 0 aliphatic heterocycles. The van der Waals surface area contributed by atoms with Crippen molar-refractivity contribution < 1.29 is 22.7 Å². The molecular weight excluding hydrogens is 328 g/mol. The van der Waals surface area contributed by atoms with Crippen LogP contribution in [-0.2, 0) is 11.3 Å². The number of benzene rings is 2. The minimum atomic E-state index is -0.713. The monoisotopic (exact) mass is 345 g/mol. The first-order valence-corrected chi connectivity index (χ1v) is 7.76. The zero-order valence-corrected chi connectivity index (χ0v) is 13.8. The van der Waals surface area contributed by atoms with Crippen molar-refractivity contribution in [2.45, 2.75) is 19.6 Å². The first-order chi connectivity index (χ1) is 12.0. The number of carbonyl (C=O) groups is 1. The smallest absolute Gasteiger partial charge is 0.287 e. The van der Waals surface area contributed by atoms with E-state index >= 15 is 0 Å². The summed E-state index contributed by atoms with van der Waals surface area (Å²) in [6.07, 6.45) is 0. The number of hydrogen-bond donors (Lipinski definition) is 1. The number of rotatable bonds is 5. The van der Waals surface area contributed by atoms with Crippen LogP contribution in [0, 0.1) is 11.6 Å². The molecule has 1 N–H and O–H groups in total. The van der Waals surface area contributed by atoms with Gasteiger partial charge in [-0.15, -0.1) is 0 Å². The number of furan rings is 1. The van der Waals surface area contributed by atoms with E-state index < -0.39 is 23.6 Å². The minimum Gasteiger partial charge on any atom is -0.451 e. The zero-order chi connectivity index (χ0) is 18.0. The van der Waals surface area contributed by atoms with Gasteiger partial charge in [-0.1, -0.05) is 24.3 Å². The Morgan fingerprint density at radius 1 is 1.24 bits per heavy atom. The predicted molar refractivity (Wildman–Crippen MR) is 89.2 cm³/mol. The van der Waals surface area contributed by atoms with Gasteiger partial charge in [-0.05, 0) is 19.1 Å². The SMILES string of the molecule is COCc1c(C(=O)N[C@H](C)c2ccc(F)cc2F)oc2ccccc12. The third kappa shape index (κ3) is 3.39. The lowest BCUT2D eigenvalue weighted by Gasteiger charge is -2.14. The van der Waals surface area contributed by atoms with Gasteiger partial charge < -0.3 is 14.5 Å². The molecule has 25 heavy (non-hydrogen) atoms. The molecule has 1 atom stereocenters. The van der Waals surface area contributed by atoms with Crippen molar-refractivity contribution in [3.8, 4) is 0 Å². The molecule has 0 saturated carbocycles. The van der Waals surface area contributed by atoms with Crippen LogP contribution in [-0.4, -0.2) is 13.0 Å². The average molecular weight is 345 g/mol. The molecule has 3 rings (SSSR count). The summed E-state index contributed by atoms with van der Waals surface area (Å²) in [7, 11) is 1.53. The minimum absolute atomic E-state index is 0.123. The second-order valence-corrected chi connectivity index (χ2v) is 5.70. The first kappa shape index (κ1) is 17.1. The van der Waals surface area contributed by atoms with E-state index in [1.807, 2.05) is 12.1 Å². The van der Waals surface area contributed by atoms with Crippen LogP contribution in [0.4, 0.5) is 8.78 Å². The van der Waals surface area contributed by atoms with E-state index in [2.05, 4.69) is 5.32 Å². The lowest BCUT2D eigenvalue weighted by Crippen LogP contribution is -2.27. The van der Waals surface area contributed by atoms with E-state index in [9.17, 15) is 13.6 Å². The molecule has 3 aromatic rings. The highest BCUT2D eigenvalue weighted by molar-refractivity contribution is 5.99. The van der Waals surface area contributed by atoms with Crippen molar-refractivity contribution in [3.05, 3.63) is 71.0 Å². The molecule has 1 aromatic heterocycles. The van der Waals surface area contributed by atoms with Crippen LogP contribution in [0.2, 0.25) is 0 Å². The molecule has 1 amide bonds. The van der Waals surface area contributed by atoms with Gasteiger partial charge in [-0.3, -0.25) is 4.79 Å². The lowest BCUT2D eigenvalue weighted by atomic mass is 10.1. The molecule has 2 aromatic carbocycles. The summed E-state index contributed by atoms with van der Waals surface area (Å²) in [5.74, 6) is -1.74. The number of para-hydroxylation sites is 1. The molecule has 6 heteroatoms. The Balaban J connectivity index is 1.90. The molecule has 0 fully saturated rings. The van der Waals surface area contributed by atoms with Gasteiger partial charge in [0.25, 0.3) is 5.91 Å². The maximum atomic E-state index is 13.9. The van der Waals surface area contributed by atoms with E-state index in [1.54, 1.807) is 19.1 Å². The third-order valence-electron chi connectivity index (χ3n) is 3.97. The topological polar surface area (TPSA) is 51.5 Å². The summed E-state index contributed by atoms with van der Waals surface area (Å²) in [6, 6.07) is 9.84. The Hall–Kier alpha value is -2.73. The molecular formula is C19H17F2NO3. The average Bonchev–Trinajstić information content (AvgIpc) is 2.94. The Labute approximate surface area is 143 Å². The number of fused-ring (bicyclic) bond motifs is 1. The van der Waals surface area contributed by atoms with Crippen molar-refractivity contribution in [3.63, 3.8) is 0 Å². The van der Waals surface area contributed by atoms with Gasteiger partial charge in [-0.25, -0.2) is 8.78 Å². The Morgan fingerprint density at radius 2 is 2.00 bits per heavy atom. The van der Waals surface area contributed by atoms with Crippen LogP contribution in [0.15, 0.2) is 46.9 Å². The van der Waals surface area contributed by atoms with Gasteiger partial charge >= 0.3 is 0 Å². The lowest BCUT2D eigenvalue weighted by molar-refractivity contribution is 0.0907. The van der Waals surface area contributed by atoms with Crippen molar-refractivity contribution in [1.29, 1.82) is 0 Å². The summed E-state index contributed by atoms with van der Waals surface area (Å²) in [5.41, 5.74) is 1.39. The molecule has 0 bridgehead atoms. The molecule has 0 spiro atoms. The van der Waals surface area contributed by atoms with Gasteiger partial charge in [0, 0.05) is 29.7 Å².